The average molecular weight is 235 g/mol. The summed E-state index contributed by atoms with van der Waals surface area (Å²) in [7, 11) is 1.64. The zero-order valence-corrected chi connectivity index (χ0v) is 11.3. The van der Waals surface area contributed by atoms with E-state index in [1.54, 1.807) is 7.11 Å². The molecule has 0 radical (unpaired) electrons. The van der Waals surface area contributed by atoms with Gasteiger partial charge in [-0.1, -0.05) is 13.8 Å². The summed E-state index contributed by atoms with van der Waals surface area (Å²) in [6.45, 7) is 7.96. The fourth-order valence-electron chi connectivity index (χ4n) is 1.89. The number of ether oxygens (including phenoxy) is 1. The van der Waals surface area contributed by atoms with Crippen molar-refractivity contribution in [2.75, 3.05) is 13.7 Å². The zero-order valence-electron chi connectivity index (χ0n) is 11.3. The molecule has 1 aromatic rings. The molecule has 0 saturated heterocycles. The number of rotatable bonds is 4. The molecule has 0 atom stereocenters. The number of Topliss-reactive ketones (excluding diaryl/α,β-unsaturated/α-hetero) is 1. The molecule has 0 amide bonds. The largest absolute Gasteiger partial charge is 0.496 e. The molecule has 94 valence electrons. The first-order valence-electron chi connectivity index (χ1n) is 5.73. The summed E-state index contributed by atoms with van der Waals surface area (Å²) in [5, 5.41) is 0. The van der Waals surface area contributed by atoms with Crippen molar-refractivity contribution in [1.82, 2.24) is 0 Å². The molecule has 3 nitrogen and oxygen atoms in total. The molecule has 0 fully saturated rings. The van der Waals surface area contributed by atoms with E-state index in [4.69, 9.17) is 10.5 Å². The number of benzene rings is 1. The summed E-state index contributed by atoms with van der Waals surface area (Å²) in [4.78, 5) is 12.3. The molecule has 0 aliphatic heterocycles. The first kappa shape index (κ1) is 13.7. The van der Waals surface area contributed by atoms with Crippen molar-refractivity contribution in [3.05, 3.63) is 28.8 Å². The number of hydrogen-bond donors (Lipinski definition) is 1. The molecule has 1 aromatic carbocycles. The first-order chi connectivity index (χ1) is 7.83. The number of hydrogen-bond acceptors (Lipinski definition) is 3. The van der Waals surface area contributed by atoms with Gasteiger partial charge in [0.15, 0.2) is 5.78 Å². The van der Waals surface area contributed by atoms with Crippen LogP contribution in [0.25, 0.3) is 0 Å². The van der Waals surface area contributed by atoms with E-state index in [0.29, 0.717) is 12.1 Å². The molecule has 0 bridgehead atoms. The van der Waals surface area contributed by atoms with Crippen LogP contribution < -0.4 is 10.5 Å². The maximum Gasteiger partial charge on any atom is 0.169 e. The molecule has 0 heterocycles. The Morgan fingerprint density at radius 3 is 2.12 bits per heavy atom. The predicted molar refractivity (Wildman–Crippen MR) is 69.6 cm³/mol. The summed E-state index contributed by atoms with van der Waals surface area (Å²) in [6.07, 6.45) is 0. The van der Waals surface area contributed by atoms with Gasteiger partial charge in [-0.15, -0.1) is 0 Å². The highest BCUT2D eigenvalue weighted by molar-refractivity contribution is 6.00. The van der Waals surface area contributed by atoms with Gasteiger partial charge in [-0.2, -0.15) is 0 Å². The topological polar surface area (TPSA) is 52.3 Å². The second kappa shape index (κ2) is 4.88. The number of methoxy groups -OCH3 is 1. The van der Waals surface area contributed by atoms with E-state index in [2.05, 4.69) is 0 Å². The molecule has 0 saturated carbocycles. The van der Waals surface area contributed by atoms with Gasteiger partial charge in [-0.3, -0.25) is 4.79 Å². The van der Waals surface area contributed by atoms with Gasteiger partial charge in [-0.25, -0.2) is 0 Å². The number of carbonyl (C=O) groups excluding carboxylic acids is 1. The van der Waals surface area contributed by atoms with Gasteiger partial charge in [0, 0.05) is 17.5 Å². The maximum absolute atomic E-state index is 12.3. The molecule has 0 unspecified atom stereocenters. The maximum atomic E-state index is 12.3. The van der Waals surface area contributed by atoms with Crippen LogP contribution in [0.1, 0.15) is 35.3 Å². The predicted octanol–water partition coefficient (Wildman–Crippen LogP) is 2.48. The molecular formula is C14H21NO2. The Morgan fingerprint density at radius 2 is 1.76 bits per heavy atom. The minimum atomic E-state index is -0.520. The Hall–Kier alpha value is -1.35. The summed E-state index contributed by atoms with van der Waals surface area (Å²) in [5.74, 6) is 0.918. The number of ketones is 1. The van der Waals surface area contributed by atoms with Gasteiger partial charge < -0.3 is 10.5 Å². The molecule has 0 aromatic heterocycles. The van der Waals surface area contributed by atoms with Crippen molar-refractivity contribution >= 4 is 5.78 Å². The first-order valence-corrected chi connectivity index (χ1v) is 5.73. The third-order valence-electron chi connectivity index (χ3n) is 3.05. The van der Waals surface area contributed by atoms with Crippen LogP contribution in [0, 0.1) is 19.3 Å². The summed E-state index contributed by atoms with van der Waals surface area (Å²) in [6, 6.07) is 3.73. The highest BCUT2D eigenvalue weighted by Crippen LogP contribution is 2.28. The van der Waals surface area contributed by atoms with Crippen LogP contribution in [0.15, 0.2) is 12.1 Å². The lowest BCUT2D eigenvalue weighted by Crippen LogP contribution is -2.32. The molecular weight excluding hydrogens is 214 g/mol. The molecule has 17 heavy (non-hydrogen) atoms. The van der Waals surface area contributed by atoms with Crippen LogP contribution in [-0.4, -0.2) is 19.4 Å². The van der Waals surface area contributed by atoms with Crippen molar-refractivity contribution in [2.24, 2.45) is 11.1 Å². The molecule has 3 heteroatoms. The van der Waals surface area contributed by atoms with Crippen molar-refractivity contribution in [1.29, 1.82) is 0 Å². The minimum Gasteiger partial charge on any atom is -0.496 e. The Labute approximate surface area is 103 Å². The van der Waals surface area contributed by atoms with E-state index in [0.717, 1.165) is 16.9 Å². The normalized spacial score (nSPS) is 11.4. The number of aryl methyl sites for hydroxylation is 2. The lowest BCUT2D eigenvalue weighted by Gasteiger charge is -2.21. The number of carbonyl (C=O) groups is 1. The van der Waals surface area contributed by atoms with Gasteiger partial charge in [0.05, 0.1) is 7.11 Å². The van der Waals surface area contributed by atoms with E-state index in [1.807, 2.05) is 39.8 Å². The van der Waals surface area contributed by atoms with E-state index in [-0.39, 0.29) is 5.78 Å². The van der Waals surface area contributed by atoms with E-state index < -0.39 is 5.41 Å². The standard InChI is InChI=1S/C14H21NO2/c1-9-6-11(7-10(2)12(9)17-5)13(16)14(3,4)8-15/h6-7H,8,15H2,1-5H3. The van der Waals surface area contributed by atoms with Crippen LogP contribution >= 0.6 is 0 Å². The van der Waals surface area contributed by atoms with Crippen LogP contribution in [0.5, 0.6) is 5.75 Å². The second-order valence-electron chi connectivity index (χ2n) is 5.06. The van der Waals surface area contributed by atoms with Crippen molar-refractivity contribution in [2.45, 2.75) is 27.7 Å². The van der Waals surface area contributed by atoms with Crippen LogP contribution in [0.2, 0.25) is 0 Å². The van der Waals surface area contributed by atoms with E-state index >= 15 is 0 Å². The Kier molecular flexibility index (Phi) is 3.94. The number of nitrogens with two attached hydrogens (primary N) is 1. The highest BCUT2D eigenvalue weighted by Gasteiger charge is 2.27. The van der Waals surface area contributed by atoms with Crippen LogP contribution in [-0.2, 0) is 0 Å². The lowest BCUT2D eigenvalue weighted by atomic mass is 9.83. The summed E-state index contributed by atoms with van der Waals surface area (Å²) in [5.41, 5.74) is 7.77. The van der Waals surface area contributed by atoms with Gasteiger partial charge >= 0.3 is 0 Å². The molecule has 2 N–H and O–H groups in total. The quantitative estimate of drug-likeness (QED) is 0.816. The van der Waals surface area contributed by atoms with E-state index in [1.165, 1.54) is 0 Å². The molecule has 1 rings (SSSR count). The SMILES string of the molecule is COc1c(C)cc(C(=O)C(C)(C)CN)cc1C. The van der Waals surface area contributed by atoms with Gasteiger partial charge in [0.1, 0.15) is 5.75 Å². The molecule has 0 aliphatic carbocycles. The fourth-order valence-corrected chi connectivity index (χ4v) is 1.89. The van der Waals surface area contributed by atoms with Crippen LogP contribution in [0.3, 0.4) is 0 Å². The second-order valence-corrected chi connectivity index (χ2v) is 5.06. The fraction of sp³-hybridized carbons (Fsp3) is 0.500. The van der Waals surface area contributed by atoms with E-state index in [9.17, 15) is 4.79 Å². The third-order valence-corrected chi connectivity index (χ3v) is 3.05. The minimum absolute atomic E-state index is 0.0776. The lowest BCUT2D eigenvalue weighted by molar-refractivity contribution is 0.0847. The third kappa shape index (κ3) is 2.67. The molecule has 0 spiro atoms. The smallest absolute Gasteiger partial charge is 0.169 e. The summed E-state index contributed by atoms with van der Waals surface area (Å²) < 4.78 is 5.29. The Bertz CT molecular complexity index is 413. The van der Waals surface area contributed by atoms with Gasteiger partial charge in [0.2, 0.25) is 0 Å². The molecule has 0 aliphatic rings. The average Bonchev–Trinajstić information content (AvgIpc) is 2.27. The summed E-state index contributed by atoms with van der Waals surface area (Å²) >= 11 is 0. The monoisotopic (exact) mass is 235 g/mol. The van der Waals surface area contributed by atoms with Gasteiger partial charge in [-0.05, 0) is 37.1 Å². The van der Waals surface area contributed by atoms with Crippen molar-refractivity contribution in [3.63, 3.8) is 0 Å². The van der Waals surface area contributed by atoms with Crippen LogP contribution in [0.4, 0.5) is 0 Å². The van der Waals surface area contributed by atoms with Crippen molar-refractivity contribution < 1.29 is 9.53 Å². The van der Waals surface area contributed by atoms with Crippen molar-refractivity contribution in [3.8, 4) is 5.75 Å². The van der Waals surface area contributed by atoms with Gasteiger partial charge in [0.25, 0.3) is 0 Å². The Morgan fingerprint density at radius 1 is 1.29 bits per heavy atom. The highest BCUT2D eigenvalue weighted by atomic mass is 16.5. The zero-order chi connectivity index (χ0) is 13.2. The Balaban J connectivity index is 3.22.